The van der Waals surface area contributed by atoms with E-state index in [0.29, 0.717) is 6.54 Å². The average Bonchev–Trinajstić information content (AvgIpc) is 2.83. The molecule has 2 aromatic carbocycles. The van der Waals surface area contributed by atoms with Crippen LogP contribution in [0.3, 0.4) is 0 Å². The summed E-state index contributed by atoms with van der Waals surface area (Å²) in [6.07, 6.45) is 0. The zero-order valence-electron chi connectivity index (χ0n) is 14.0. The van der Waals surface area contributed by atoms with Crippen molar-refractivity contribution in [2.75, 3.05) is 39.3 Å². The molecule has 2 heterocycles. The van der Waals surface area contributed by atoms with Gasteiger partial charge in [0, 0.05) is 48.1 Å². The number of aliphatic imine (C=N–C) groups is 1. The summed E-state index contributed by atoms with van der Waals surface area (Å²) < 4.78 is 0. The van der Waals surface area contributed by atoms with E-state index in [0.717, 1.165) is 44.2 Å². The number of hydrogen-bond acceptors (Lipinski definition) is 6. The summed E-state index contributed by atoms with van der Waals surface area (Å²) in [7, 11) is 0. The topological polar surface area (TPSA) is 48.3 Å². The molecule has 128 valence electrons. The number of fused-ring (bicyclic) bond motifs is 2. The fraction of sp³-hybridized carbons (Fsp3) is 0.316. The van der Waals surface area contributed by atoms with Crippen LogP contribution < -0.4 is 0 Å². The van der Waals surface area contributed by atoms with Crippen LogP contribution in [0.2, 0.25) is 0 Å². The van der Waals surface area contributed by atoms with E-state index in [1.54, 1.807) is 11.8 Å². The minimum absolute atomic E-state index is 0.369. The third-order valence-electron chi connectivity index (χ3n) is 4.62. The van der Waals surface area contributed by atoms with Crippen LogP contribution in [0.4, 0.5) is 5.69 Å². The maximum atomic E-state index is 10.3. The van der Waals surface area contributed by atoms with E-state index in [1.165, 1.54) is 15.4 Å². The third kappa shape index (κ3) is 3.45. The van der Waals surface area contributed by atoms with Crippen molar-refractivity contribution in [2.24, 2.45) is 10.2 Å². The molecule has 0 spiro atoms. The Hall–Kier alpha value is -2.18. The van der Waals surface area contributed by atoms with Gasteiger partial charge in [-0.25, -0.2) is 4.99 Å². The van der Waals surface area contributed by atoms with Crippen LogP contribution in [-0.2, 0) is 0 Å². The first-order chi connectivity index (χ1) is 12.3. The molecule has 4 rings (SSSR count). The molecule has 25 heavy (non-hydrogen) atoms. The highest BCUT2D eigenvalue weighted by Crippen LogP contribution is 2.40. The van der Waals surface area contributed by atoms with E-state index in [1.807, 2.05) is 6.07 Å². The molecule has 0 unspecified atom stereocenters. The average molecular weight is 352 g/mol. The molecule has 1 saturated heterocycles. The van der Waals surface area contributed by atoms with E-state index in [2.05, 4.69) is 57.4 Å². The quantitative estimate of drug-likeness (QED) is 0.792. The fourth-order valence-corrected chi connectivity index (χ4v) is 4.29. The standard InChI is InChI=1S/C19H20N4OS/c24-20-9-10-22-11-13-23(14-12-22)19-15-5-1-3-7-17(15)25-18-8-4-2-6-16(18)21-19/h1-8H,9-14H2. The summed E-state index contributed by atoms with van der Waals surface area (Å²) in [5.41, 5.74) is 2.23. The Bertz CT molecular complexity index is 800. The summed E-state index contributed by atoms with van der Waals surface area (Å²) in [6, 6.07) is 16.8. The van der Waals surface area contributed by atoms with Crippen LogP contribution in [0, 0.1) is 4.91 Å². The molecule has 0 N–H and O–H groups in total. The number of hydrogen-bond donors (Lipinski definition) is 0. The molecule has 5 nitrogen and oxygen atoms in total. The van der Waals surface area contributed by atoms with Crippen molar-refractivity contribution in [1.29, 1.82) is 0 Å². The van der Waals surface area contributed by atoms with Gasteiger partial charge in [-0.2, -0.15) is 4.91 Å². The van der Waals surface area contributed by atoms with Gasteiger partial charge in [0.2, 0.25) is 0 Å². The van der Waals surface area contributed by atoms with Crippen molar-refractivity contribution in [3.05, 3.63) is 59.0 Å². The molecule has 2 aliphatic heterocycles. The molecular weight excluding hydrogens is 332 g/mol. The van der Waals surface area contributed by atoms with Gasteiger partial charge in [0.1, 0.15) is 5.84 Å². The van der Waals surface area contributed by atoms with Crippen molar-refractivity contribution in [3.8, 4) is 0 Å². The Morgan fingerprint density at radius 1 is 0.960 bits per heavy atom. The monoisotopic (exact) mass is 352 g/mol. The van der Waals surface area contributed by atoms with Crippen molar-refractivity contribution >= 4 is 23.3 Å². The number of benzene rings is 2. The van der Waals surface area contributed by atoms with E-state index >= 15 is 0 Å². The van der Waals surface area contributed by atoms with Gasteiger partial charge in [-0.15, -0.1) is 0 Å². The lowest BCUT2D eigenvalue weighted by atomic mass is 10.1. The molecule has 6 heteroatoms. The lowest BCUT2D eigenvalue weighted by Crippen LogP contribution is -2.49. The number of amidine groups is 1. The van der Waals surface area contributed by atoms with Gasteiger partial charge in [-0.05, 0) is 18.2 Å². The van der Waals surface area contributed by atoms with E-state index in [4.69, 9.17) is 4.99 Å². The summed E-state index contributed by atoms with van der Waals surface area (Å²) in [4.78, 5) is 22.5. The number of rotatable bonds is 3. The van der Waals surface area contributed by atoms with Gasteiger partial charge in [0.05, 0.1) is 12.2 Å². The van der Waals surface area contributed by atoms with Crippen LogP contribution >= 0.6 is 11.8 Å². The first-order valence-corrected chi connectivity index (χ1v) is 9.38. The van der Waals surface area contributed by atoms with Gasteiger partial charge in [0.15, 0.2) is 0 Å². The normalized spacial score (nSPS) is 17.3. The third-order valence-corrected chi connectivity index (χ3v) is 5.76. The lowest BCUT2D eigenvalue weighted by molar-refractivity contribution is 0.186. The van der Waals surface area contributed by atoms with Gasteiger partial charge in [0.25, 0.3) is 0 Å². The Morgan fingerprint density at radius 3 is 2.48 bits per heavy atom. The second kappa shape index (κ2) is 7.37. The SMILES string of the molecule is O=NCCN1CCN(C2=Nc3ccccc3Sc3ccccc32)CC1. The predicted molar refractivity (Wildman–Crippen MR) is 102 cm³/mol. The van der Waals surface area contributed by atoms with Crippen LogP contribution in [0.25, 0.3) is 0 Å². The first-order valence-electron chi connectivity index (χ1n) is 8.56. The number of para-hydroxylation sites is 1. The van der Waals surface area contributed by atoms with Crippen LogP contribution in [0.15, 0.2) is 68.5 Å². The second-order valence-electron chi connectivity index (χ2n) is 6.18. The van der Waals surface area contributed by atoms with Gasteiger partial charge in [-0.1, -0.05) is 47.3 Å². The summed E-state index contributed by atoms with van der Waals surface area (Å²) in [5.74, 6) is 1.06. The molecule has 0 bridgehead atoms. The minimum Gasteiger partial charge on any atom is -0.354 e. The molecule has 0 atom stereocenters. The molecule has 0 saturated carbocycles. The smallest absolute Gasteiger partial charge is 0.137 e. The summed E-state index contributed by atoms with van der Waals surface area (Å²) >= 11 is 1.78. The predicted octanol–water partition coefficient (Wildman–Crippen LogP) is 3.61. The molecule has 1 fully saturated rings. The van der Waals surface area contributed by atoms with Crippen molar-refractivity contribution in [1.82, 2.24) is 9.80 Å². The van der Waals surface area contributed by atoms with E-state index in [9.17, 15) is 4.91 Å². The van der Waals surface area contributed by atoms with E-state index < -0.39 is 0 Å². The highest BCUT2D eigenvalue weighted by Gasteiger charge is 2.24. The van der Waals surface area contributed by atoms with Crippen molar-refractivity contribution in [3.63, 3.8) is 0 Å². The van der Waals surface area contributed by atoms with Crippen LogP contribution in [0.5, 0.6) is 0 Å². The van der Waals surface area contributed by atoms with E-state index in [-0.39, 0.29) is 0 Å². The molecule has 2 aromatic rings. The molecule has 0 aliphatic carbocycles. The first kappa shape index (κ1) is 16.3. The maximum Gasteiger partial charge on any atom is 0.137 e. The highest BCUT2D eigenvalue weighted by molar-refractivity contribution is 7.99. The number of piperazine rings is 1. The fourth-order valence-electron chi connectivity index (χ4n) is 3.28. The van der Waals surface area contributed by atoms with Crippen molar-refractivity contribution < 1.29 is 0 Å². The van der Waals surface area contributed by atoms with Gasteiger partial charge in [-0.3, -0.25) is 4.90 Å². The van der Waals surface area contributed by atoms with Gasteiger partial charge >= 0.3 is 0 Å². The Balaban J connectivity index is 1.64. The molecule has 2 aliphatic rings. The zero-order valence-corrected chi connectivity index (χ0v) is 14.8. The minimum atomic E-state index is 0.369. The summed E-state index contributed by atoms with van der Waals surface area (Å²) in [6.45, 7) is 4.82. The van der Waals surface area contributed by atoms with Gasteiger partial charge < -0.3 is 4.90 Å². The highest BCUT2D eigenvalue weighted by atomic mass is 32.2. The Morgan fingerprint density at radius 2 is 1.68 bits per heavy atom. The molecule has 0 aromatic heterocycles. The number of nitroso groups, excluding NO2 is 1. The van der Waals surface area contributed by atoms with Crippen LogP contribution in [-0.4, -0.2) is 54.9 Å². The number of nitrogens with zero attached hydrogens (tertiary/aromatic N) is 4. The Kier molecular flexibility index (Phi) is 4.81. The van der Waals surface area contributed by atoms with Crippen LogP contribution in [0.1, 0.15) is 5.56 Å². The lowest BCUT2D eigenvalue weighted by Gasteiger charge is -2.36. The second-order valence-corrected chi connectivity index (χ2v) is 7.27. The molecule has 0 radical (unpaired) electrons. The maximum absolute atomic E-state index is 10.3. The summed E-state index contributed by atoms with van der Waals surface area (Å²) in [5, 5.41) is 2.97. The zero-order chi connectivity index (χ0) is 17.1. The largest absolute Gasteiger partial charge is 0.354 e. The molecule has 0 amide bonds. The Labute approximate surface area is 151 Å². The van der Waals surface area contributed by atoms with Crippen molar-refractivity contribution in [2.45, 2.75) is 9.79 Å². The molecular formula is C19H20N4OS.